The van der Waals surface area contributed by atoms with E-state index in [1.54, 1.807) is 18.5 Å². The molecule has 0 bridgehead atoms. The quantitative estimate of drug-likeness (QED) is 0.535. The van der Waals surface area contributed by atoms with Gasteiger partial charge < -0.3 is 5.73 Å². The zero-order valence-corrected chi connectivity index (χ0v) is 14.8. The third-order valence-electron chi connectivity index (χ3n) is 4.01. The number of anilines is 1. The van der Waals surface area contributed by atoms with Crippen LogP contribution in [0.1, 0.15) is 16.8 Å². The standard InChI is InChI=1S/C14H12N4.C7H5F3/c15-14-12-4-2-1-3-11(12)13(17-18-14)9-10-5-7-16-8-6-10;8-7(9,10)6-4-2-1-3-5-6/h1-8H,9H2,(H2,15,18);1-5H. The molecule has 7 heteroatoms. The van der Waals surface area contributed by atoms with Gasteiger partial charge in [-0.3, -0.25) is 4.98 Å². The highest BCUT2D eigenvalue weighted by Crippen LogP contribution is 2.28. The minimum absolute atomic E-state index is 0.476. The second-order valence-corrected chi connectivity index (χ2v) is 5.97. The minimum atomic E-state index is -4.21. The molecule has 0 radical (unpaired) electrons. The molecule has 2 N–H and O–H groups in total. The number of rotatable bonds is 2. The van der Waals surface area contributed by atoms with Gasteiger partial charge in [-0.25, -0.2) is 0 Å². The number of alkyl halides is 3. The van der Waals surface area contributed by atoms with Crippen LogP contribution in [0.5, 0.6) is 0 Å². The molecule has 28 heavy (non-hydrogen) atoms. The molecule has 0 spiro atoms. The summed E-state index contributed by atoms with van der Waals surface area (Å²) in [5.74, 6) is 0.476. The van der Waals surface area contributed by atoms with Gasteiger partial charge in [-0.2, -0.15) is 18.3 Å². The number of aromatic nitrogens is 3. The van der Waals surface area contributed by atoms with E-state index in [1.807, 2.05) is 36.4 Å². The second-order valence-electron chi connectivity index (χ2n) is 5.97. The molecule has 0 aliphatic rings. The number of hydrogen-bond acceptors (Lipinski definition) is 4. The maximum absolute atomic E-state index is 11.8. The van der Waals surface area contributed by atoms with E-state index in [9.17, 15) is 13.2 Å². The number of benzene rings is 2. The summed E-state index contributed by atoms with van der Waals surface area (Å²) in [5.41, 5.74) is 7.33. The maximum Gasteiger partial charge on any atom is 0.416 e. The smallest absolute Gasteiger partial charge is 0.382 e. The molecule has 0 unspecified atom stereocenters. The van der Waals surface area contributed by atoms with Crippen molar-refractivity contribution < 1.29 is 13.2 Å². The van der Waals surface area contributed by atoms with Crippen molar-refractivity contribution in [1.29, 1.82) is 0 Å². The number of hydrogen-bond donors (Lipinski definition) is 1. The van der Waals surface area contributed by atoms with Crippen LogP contribution in [0.2, 0.25) is 0 Å². The zero-order valence-electron chi connectivity index (χ0n) is 14.8. The van der Waals surface area contributed by atoms with Crippen LogP contribution in [-0.4, -0.2) is 15.2 Å². The van der Waals surface area contributed by atoms with E-state index in [4.69, 9.17) is 5.73 Å². The molecule has 4 nitrogen and oxygen atoms in total. The Bertz CT molecular complexity index is 1040. The number of nitrogen functional groups attached to an aromatic ring is 1. The van der Waals surface area contributed by atoms with Gasteiger partial charge in [0, 0.05) is 29.6 Å². The van der Waals surface area contributed by atoms with E-state index in [-0.39, 0.29) is 0 Å². The first-order valence-corrected chi connectivity index (χ1v) is 8.46. The third kappa shape index (κ3) is 4.82. The van der Waals surface area contributed by atoms with E-state index < -0.39 is 11.7 Å². The van der Waals surface area contributed by atoms with Crippen molar-refractivity contribution in [2.45, 2.75) is 12.6 Å². The maximum atomic E-state index is 11.8. The van der Waals surface area contributed by atoms with Gasteiger partial charge in [0.15, 0.2) is 5.82 Å². The SMILES string of the molecule is FC(F)(F)c1ccccc1.Nc1nnc(Cc2ccncc2)c2ccccc12. The van der Waals surface area contributed by atoms with Crippen LogP contribution in [0.3, 0.4) is 0 Å². The molecular formula is C21H17F3N4. The first kappa shape index (κ1) is 19.3. The van der Waals surface area contributed by atoms with E-state index in [2.05, 4.69) is 15.2 Å². The van der Waals surface area contributed by atoms with Crippen LogP contribution in [0.25, 0.3) is 10.8 Å². The molecule has 0 fully saturated rings. The largest absolute Gasteiger partial charge is 0.416 e. The van der Waals surface area contributed by atoms with Gasteiger partial charge in [0.05, 0.1) is 11.3 Å². The van der Waals surface area contributed by atoms with E-state index >= 15 is 0 Å². The number of nitrogens with zero attached hydrogens (tertiary/aromatic N) is 3. The highest BCUT2D eigenvalue weighted by molar-refractivity contribution is 5.92. The Morgan fingerprint density at radius 1 is 0.750 bits per heavy atom. The normalized spacial score (nSPS) is 11.0. The predicted octanol–water partition coefficient (Wildman–Crippen LogP) is 4.90. The van der Waals surface area contributed by atoms with Crippen molar-refractivity contribution in [2.75, 3.05) is 5.73 Å². The molecule has 0 aliphatic carbocycles. The van der Waals surface area contributed by atoms with Gasteiger partial charge in [0.25, 0.3) is 0 Å². The highest BCUT2D eigenvalue weighted by Gasteiger charge is 2.29. The van der Waals surface area contributed by atoms with Gasteiger partial charge in [-0.05, 0) is 17.7 Å². The van der Waals surface area contributed by atoms with Crippen molar-refractivity contribution in [3.05, 3.63) is 95.9 Å². The van der Waals surface area contributed by atoms with Crippen LogP contribution in [0.4, 0.5) is 19.0 Å². The summed E-state index contributed by atoms with van der Waals surface area (Å²) in [4.78, 5) is 4.01. The Kier molecular flexibility index (Phi) is 5.84. The second kappa shape index (κ2) is 8.47. The monoisotopic (exact) mass is 382 g/mol. The third-order valence-corrected chi connectivity index (χ3v) is 4.01. The molecular weight excluding hydrogens is 365 g/mol. The minimum Gasteiger partial charge on any atom is -0.382 e. The Morgan fingerprint density at radius 2 is 1.36 bits per heavy atom. The van der Waals surface area contributed by atoms with Crippen LogP contribution < -0.4 is 5.73 Å². The molecule has 4 rings (SSSR count). The van der Waals surface area contributed by atoms with Crippen LogP contribution in [-0.2, 0) is 12.6 Å². The molecule has 0 aliphatic heterocycles. The van der Waals surface area contributed by atoms with Gasteiger partial charge >= 0.3 is 6.18 Å². The predicted molar refractivity (Wildman–Crippen MR) is 102 cm³/mol. The van der Waals surface area contributed by atoms with Crippen molar-refractivity contribution in [1.82, 2.24) is 15.2 Å². The lowest BCUT2D eigenvalue weighted by atomic mass is 10.1. The fraction of sp³-hybridized carbons (Fsp3) is 0.0952. The van der Waals surface area contributed by atoms with Crippen molar-refractivity contribution in [2.24, 2.45) is 0 Å². The summed E-state index contributed by atoms with van der Waals surface area (Å²) >= 11 is 0. The molecule has 2 heterocycles. The van der Waals surface area contributed by atoms with Crippen LogP contribution in [0.15, 0.2) is 79.1 Å². The van der Waals surface area contributed by atoms with Crippen molar-refractivity contribution in [3.8, 4) is 0 Å². The molecule has 0 atom stereocenters. The lowest BCUT2D eigenvalue weighted by molar-refractivity contribution is -0.137. The summed E-state index contributed by atoms with van der Waals surface area (Å²) in [7, 11) is 0. The van der Waals surface area contributed by atoms with Gasteiger partial charge in [-0.1, -0.05) is 54.6 Å². The Balaban J connectivity index is 0.000000192. The molecule has 2 aromatic carbocycles. The van der Waals surface area contributed by atoms with Crippen LogP contribution in [0, 0.1) is 0 Å². The summed E-state index contributed by atoms with van der Waals surface area (Å²) in [5, 5.41) is 10.2. The summed E-state index contributed by atoms with van der Waals surface area (Å²) < 4.78 is 35.4. The molecule has 0 saturated carbocycles. The Labute approximate surface area is 159 Å². The number of nitrogens with two attached hydrogens (primary N) is 1. The first-order chi connectivity index (χ1) is 13.4. The highest BCUT2D eigenvalue weighted by atomic mass is 19.4. The summed E-state index contributed by atoms with van der Waals surface area (Å²) in [6.07, 6.45) is 0.0854. The molecule has 2 aromatic heterocycles. The van der Waals surface area contributed by atoms with Gasteiger partial charge in [0.1, 0.15) is 0 Å². The van der Waals surface area contributed by atoms with E-state index in [1.165, 1.54) is 12.1 Å². The van der Waals surface area contributed by atoms with Gasteiger partial charge in [0.2, 0.25) is 0 Å². The Morgan fingerprint density at radius 3 is 1.96 bits per heavy atom. The number of fused-ring (bicyclic) bond motifs is 1. The average Bonchev–Trinajstić information content (AvgIpc) is 2.72. The zero-order chi connectivity index (χ0) is 20.0. The van der Waals surface area contributed by atoms with Crippen LogP contribution >= 0.6 is 0 Å². The van der Waals surface area contributed by atoms with Crippen molar-refractivity contribution >= 4 is 16.6 Å². The number of halogens is 3. The molecule has 4 aromatic rings. The fourth-order valence-corrected chi connectivity index (χ4v) is 2.63. The molecule has 0 amide bonds. The lowest BCUT2D eigenvalue weighted by Gasteiger charge is -2.06. The number of pyridine rings is 1. The molecule has 142 valence electrons. The fourth-order valence-electron chi connectivity index (χ4n) is 2.63. The summed E-state index contributed by atoms with van der Waals surface area (Å²) in [6, 6.07) is 18.3. The topological polar surface area (TPSA) is 64.7 Å². The Hall–Kier alpha value is -3.48. The first-order valence-electron chi connectivity index (χ1n) is 8.46. The van der Waals surface area contributed by atoms with E-state index in [0.29, 0.717) is 5.82 Å². The molecule has 0 saturated heterocycles. The summed E-state index contributed by atoms with van der Waals surface area (Å²) in [6.45, 7) is 0. The van der Waals surface area contributed by atoms with Gasteiger partial charge in [-0.15, -0.1) is 5.10 Å². The van der Waals surface area contributed by atoms with E-state index in [0.717, 1.165) is 40.6 Å². The average molecular weight is 382 g/mol. The lowest BCUT2D eigenvalue weighted by Crippen LogP contribution is -2.03. The van der Waals surface area contributed by atoms with Crippen molar-refractivity contribution in [3.63, 3.8) is 0 Å².